The third-order valence-corrected chi connectivity index (χ3v) is 4.57. The van der Waals surface area contributed by atoms with Crippen molar-refractivity contribution in [2.24, 2.45) is 0 Å². The second-order valence-electron chi connectivity index (χ2n) is 5.24. The molecule has 136 valence electrons. The van der Waals surface area contributed by atoms with Crippen molar-refractivity contribution in [1.82, 2.24) is 0 Å². The summed E-state index contributed by atoms with van der Waals surface area (Å²) in [5.41, 5.74) is 0.701. The van der Waals surface area contributed by atoms with Gasteiger partial charge in [-0.1, -0.05) is 15.9 Å². The number of nitrogens with zero attached hydrogens (tertiary/aromatic N) is 2. The van der Waals surface area contributed by atoms with Gasteiger partial charge in [0.1, 0.15) is 11.5 Å². The maximum Gasteiger partial charge on any atom is 0.264 e. The molecule has 0 aromatic heterocycles. The first-order valence-electron chi connectivity index (χ1n) is 8.03. The first kappa shape index (κ1) is 20.3. The second-order valence-corrected chi connectivity index (χ2v) is 7.01. The number of hydrogen-bond acceptors (Lipinski definition) is 4. The van der Waals surface area contributed by atoms with Crippen molar-refractivity contribution in [3.05, 3.63) is 51.4 Å². The van der Waals surface area contributed by atoms with Gasteiger partial charge in [0.15, 0.2) is 6.61 Å². The molecular formula is C19H18Br2N2O3. The second kappa shape index (κ2) is 10.2. The molecule has 0 heterocycles. The Balaban J connectivity index is 2.09. The van der Waals surface area contributed by atoms with Crippen LogP contribution < -0.4 is 14.4 Å². The summed E-state index contributed by atoms with van der Waals surface area (Å²) in [6, 6.07) is 14.7. The average molecular weight is 482 g/mol. The van der Waals surface area contributed by atoms with Crippen molar-refractivity contribution in [2.75, 3.05) is 24.7 Å². The molecule has 0 bridgehead atoms. The predicted molar refractivity (Wildman–Crippen MR) is 108 cm³/mol. The number of carbonyl (C=O) groups excluding carboxylic acids is 1. The van der Waals surface area contributed by atoms with Crippen LogP contribution in [-0.2, 0) is 4.79 Å². The van der Waals surface area contributed by atoms with E-state index in [-0.39, 0.29) is 18.9 Å². The number of benzene rings is 2. The largest absolute Gasteiger partial charge is 0.494 e. The zero-order chi connectivity index (χ0) is 18.9. The molecule has 1 amide bonds. The highest BCUT2D eigenvalue weighted by molar-refractivity contribution is 9.11. The van der Waals surface area contributed by atoms with Crippen molar-refractivity contribution >= 4 is 43.5 Å². The summed E-state index contributed by atoms with van der Waals surface area (Å²) < 4.78 is 12.7. The van der Waals surface area contributed by atoms with Gasteiger partial charge in [-0.2, -0.15) is 5.26 Å². The fraction of sp³-hybridized carbons (Fsp3) is 0.263. The summed E-state index contributed by atoms with van der Waals surface area (Å²) in [6.07, 6.45) is 0.237. The minimum Gasteiger partial charge on any atom is -0.494 e. The van der Waals surface area contributed by atoms with Gasteiger partial charge >= 0.3 is 0 Å². The van der Waals surface area contributed by atoms with Gasteiger partial charge in [0.2, 0.25) is 0 Å². The van der Waals surface area contributed by atoms with Crippen LogP contribution in [0.25, 0.3) is 0 Å². The van der Waals surface area contributed by atoms with Gasteiger partial charge in [0, 0.05) is 16.7 Å². The third-order valence-electron chi connectivity index (χ3n) is 3.45. The van der Waals surface area contributed by atoms with Crippen LogP contribution >= 0.6 is 31.9 Å². The minimum absolute atomic E-state index is 0.126. The lowest BCUT2D eigenvalue weighted by Crippen LogP contribution is -2.35. The molecule has 2 rings (SSSR count). The van der Waals surface area contributed by atoms with Gasteiger partial charge in [-0.25, -0.2) is 0 Å². The van der Waals surface area contributed by atoms with Crippen LogP contribution in [0.4, 0.5) is 5.69 Å². The van der Waals surface area contributed by atoms with E-state index < -0.39 is 0 Å². The Labute approximate surface area is 169 Å². The molecule has 0 fully saturated rings. The highest BCUT2D eigenvalue weighted by Gasteiger charge is 2.17. The first-order valence-corrected chi connectivity index (χ1v) is 9.61. The summed E-state index contributed by atoms with van der Waals surface area (Å²) in [5.74, 6) is 1.09. The molecule has 7 heteroatoms. The van der Waals surface area contributed by atoms with Crippen molar-refractivity contribution in [3.8, 4) is 17.6 Å². The van der Waals surface area contributed by atoms with E-state index in [2.05, 4.69) is 37.9 Å². The maximum atomic E-state index is 12.6. The number of amides is 1. The van der Waals surface area contributed by atoms with Crippen LogP contribution in [0.15, 0.2) is 51.4 Å². The Morgan fingerprint density at radius 3 is 2.50 bits per heavy atom. The molecule has 0 saturated heterocycles. The van der Waals surface area contributed by atoms with E-state index in [1.807, 2.05) is 19.1 Å². The van der Waals surface area contributed by atoms with Crippen LogP contribution in [0.3, 0.4) is 0 Å². The molecule has 0 aliphatic heterocycles. The van der Waals surface area contributed by atoms with Gasteiger partial charge in [0.25, 0.3) is 5.91 Å². The van der Waals surface area contributed by atoms with Crippen LogP contribution in [0, 0.1) is 11.3 Å². The zero-order valence-electron chi connectivity index (χ0n) is 14.2. The lowest BCUT2D eigenvalue weighted by atomic mass is 10.2. The fourth-order valence-electron chi connectivity index (χ4n) is 2.26. The monoisotopic (exact) mass is 480 g/mol. The fourth-order valence-corrected chi connectivity index (χ4v) is 3.42. The Morgan fingerprint density at radius 2 is 1.88 bits per heavy atom. The molecule has 0 spiro atoms. The molecule has 0 radical (unpaired) electrons. The molecule has 2 aromatic rings. The van der Waals surface area contributed by atoms with E-state index in [1.165, 1.54) is 0 Å². The molecule has 0 saturated carbocycles. The topological polar surface area (TPSA) is 62.6 Å². The van der Waals surface area contributed by atoms with Gasteiger partial charge < -0.3 is 14.4 Å². The quantitative estimate of drug-likeness (QED) is 0.535. The smallest absolute Gasteiger partial charge is 0.264 e. The Hall–Kier alpha value is -2.04. The number of ether oxygens (including phenoxy) is 2. The summed E-state index contributed by atoms with van der Waals surface area (Å²) in [6.45, 7) is 2.66. The molecule has 0 aliphatic rings. The van der Waals surface area contributed by atoms with Crippen LogP contribution in [0.2, 0.25) is 0 Å². The summed E-state index contributed by atoms with van der Waals surface area (Å²) >= 11 is 6.78. The number of hydrogen-bond donors (Lipinski definition) is 0. The number of nitriles is 1. The molecule has 0 N–H and O–H groups in total. The zero-order valence-corrected chi connectivity index (χ0v) is 17.4. The Kier molecular flexibility index (Phi) is 7.95. The number of halogens is 2. The average Bonchev–Trinajstić information content (AvgIpc) is 2.63. The minimum atomic E-state index is -0.223. The molecule has 2 aromatic carbocycles. The first-order chi connectivity index (χ1) is 12.5. The number of carbonyl (C=O) groups is 1. The Morgan fingerprint density at radius 1 is 1.15 bits per heavy atom. The van der Waals surface area contributed by atoms with Crippen molar-refractivity contribution in [2.45, 2.75) is 13.3 Å². The number of rotatable bonds is 8. The van der Waals surface area contributed by atoms with Gasteiger partial charge in [-0.05, 0) is 65.3 Å². The lowest BCUT2D eigenvalue weighted by Gasteiger charge is -2.22. The molecular weight excluding hydrogens is 464 g/mol. The molecule has 0 aliphatic carbocycles. The molecule has 26 heavy (non-hydrogen) atoms. The van der Waals surface area contributed by atoms with Crippen molar-refractivity contribution in [1.29, 1.82) is 5.26 Å². The van der Waals surface area contributed by atoms with E-state index in [0.29, 0.717) is 24.6 Å². The highest BCUT2D eigenvalue weighted by atomic mass is 79.9. The SMILES string of the molecule is CCOc1ccc(N(CCC#N)C(=O)COc2ccc(Br)cc2Br)cc1. The van der Waals surface area contributed by atoms with Crippen LogP contribution in [0.1, 0.15) is 13.3 Å². The van der Waals surface area contributed by atoms with E-state index >= 15 is 0 Å². The normalized spacial score (nSPS) is 10.1. The number of anilines is 1. The molecule has 0 unspecified atom stereocenters. The van der Waals surface area contributed by atoms with Crippen LogP contribution in [-0.4, -0.2) is 25.7 Å². The van der Waals surface area contributed by atoms with Crippen molar-refractivity contribution < 1.29 is 14.3 Å². The van der Waals surface area contributed by atoms with E-state index in [9.17, 15) is 4.79 Å². The van der Waals surface area contributed by atoms with E-state index in [4.69, 9.17) is 14.7 Å². The molecule has 5 nitrogen and oxygen atoms in total. The van der Waals surface area contributed by atoms with E-state index in [1.54, 1.807) is 35.2 Å². The van der Waals surface area contributed by atoms with Crippen LogP contribution in [0.5, 0.6) is 11.5 Å². The summed E-state index contributed by atoms with van der Waals surface area (Å²) in [4.78, 5) is 14.2. The Bertz CT molecular complexity index is 788. The third kappa shape index (κ3) is 5.75. The highest BCUT2D eigenvalue weighted by Crippen LogP contribution is 2.28. The maximum absolute atomic E-state index is 12.6. The molecule has 0 atom stereocenters. The van der Waals surface area contributed by atoms with Gasteiger partial charge in [-0.15, -0.1) is 0 Å². The predicted octanol–water partition coefficient (Wildman–Crippen LogP) is 4.94. The van der Waals surface area contributed by atoms with Gasteiger partial charge in [-0.3, -0.25) is 4.79 Å². The summed E-state index contributed by atoms with van der Waals surface area (Å²) in [7, 11) is 0. The lowest BCUT2D eigenvalue weighted by molar-refractivity contribution is -0.120. The van der Waals surface area contributed by atoms with Gasteiger partial charge in [0.05, 0.1) is 23.6 Å². The summed E-state index contributed by atoms with van der Waals surface area (Å²) in [5, 5.41) is 8.88. The standard InChI is InChI=1S/C19H18Br2N2O3/c1-2-25-16-7-5-15(6-8-16)23(11-3-10-22)19(24)13-26-18-9-4-14(20)12-17(18)21/h4-9,12H,2-3,11,13H2,1H3. The van der Waals surface area contributed by atoms with E-state index in [0.717, 1.165) is 14.7 Å². The van der Waals surface area contributed by atoms with Crippen molar-refractivity contribution in [3.63, 3.8) is 0 Å².